The number of aryl methyl sites for hydroxylation is 1. The number of nitrogens with zero attached hydrogens (tertiary/aromatic N) is 3. The van der Waals surface area contributed by atoms with Gasteiger partial charge in [0, 0.05) is 12.4 Å². The topological polar surface area (TPSA) is 91.5 Å². The van der Waals surface area contributed by atoms with E-state index in [2.05, 4.69) is 15.3 Å². The third-order valence-electron chi connectivity index (χ3n) is 3.60. The standard InChI is InChI=1S/C16H13N5O2S2/c1-9-14(21-7-3-2-4-12(21)18-9)11-8-17-16(25-11)19-13-6-5-10(24-13)15(22)20-23/h2-8,23H,1H3,(H,17,19)(H,20,22). The Kier molecular flexibility index (Phi) is 3.96. The summed E-state index contributed by atoms with van der Waals surface area (Å²) in [4.78, 5) is 21.8. The summed E-state index contributed by atoms with van der Waals surface area (Å²) >= 11 is 2.75. The van der Waals surface area contributed by atoms with Crippen LogP contribution in [-0.2, 0) is 0 Å². The average Bonchev–Trinajstić information content (AvgIpc) is 3.32. The summed E-state index contributed by atoms with van der Waals surface area (Å²) < 4.78 is 2.04. The number of fused-ring (bicyclic) bond motifs is 1. The highest BCUT2D eigenvalue weighted by Gasteiger charge is 2.14. The molecule has 0 bridgehead atoms. The van der Waals surface area contributed by atoms with Crippen LogP contribution in [0.3, 0.4) is 0 Å². The smallest absolute Gasteiger partial charge is 0.284 e. The van der Waals surface area contributed by atoms with Crippen molar-refractivity contribution in [1.82, 2.24) is 19.8 Å². The van der Waals surface area contributed by atoms with Crippen molar-refractivity contribution in [2.24, 2.45) is 0 Å². The normalized spacial score (nSPS) is 11.0. The molecule has 0 radical (unpaired) electrons. The van der Waals surface area contributed by atoms with Gasteiger partial charge in [-0.15, -0.1) is 11.3 Å². The van der Waals surface area contributed by atoms with Gasteiger partial charge in [0.2, 0.25) is 0 Å². The Morgan fingerprint density at radius 1 is 1.24 bits per heavy atom. The lowest BCUT2D eigenvalue weighted by molar-refractivity contribution is 0.0711. The number of amides is 1. The molecule has 0 aliphatic carbocycles. The summed E-state index contributed by atoms with van der Waals surface area (Å²) in [5.74, 6) is -0.528. The first-order valence-electron chi connectivity index (χ1n) is 7.37. The van der Waals surface area contributed by atoms with E-state index in [-0.39, 0.29) is 0 Å². The molecule has 4 rings (SSSR count). The Labute approximate surface area is 150 Å². The highest BCUT2D eigenvalue weighted by molar-refractivity contribution is 7.20. The third-order valence-corrected chi connectivity index (χ3v) is 5.52. The van der Waals surface area contributed by atoms with Crippen molar-refractivity contribution in [1.29, 1.82) is 0 Å². The average molecular weight is 371 g/mol. The van der Waals surface area contributed by atoms with Crippen molar-refractivity contribution in [3.8, 4) is 10.6 Å². The van der Waals surface area contributed by atoms with Crippen LogP contribution in [0.25, 0.3) is 16.2 Å². The zero-order chi connectivity index (χ0) is 17.4. The number of carbonyl (C=O) groups excluding carboxylic acids is 1. The van der Waals surface area contributed by atoms with E-state index in [4.69, 9.17) is 5.21 Å². The van der Waals surface area contributed by atoms with E-state index in [1.54, 1.807) is 17.6 Å². The highest BCUT2D eigenvalue weighted by atomic mass is 32.1. The first-order valence-corrected chi connectivity index (χ1v) is 9.00. The molecule has 0 aromatic carbocycles. The summed E-state index contributed by atoms with van der Waals surface area (Å²) in [5.41, 5.74) is 4.49. The largest absolute Gasteiger partial charge is 0.323 e. The summed E-state index contributed by atoms with van der Waals surface area (Å²) in [5, 5.41) is 13.4. The number of anilines is 2. The Bertz CT molecular complexity index is 1070. The molecule has 1 amide bonds. The van der Waals surface area contributed by atoms with Crippen molar-refractivity contribution in [3.63, 3.8) is 0 Å². The molecule has 0 saturated carbocycles. The maximum absolute atomic E-state index is 11.4. The van der Waals surface area contributed by atoms with Crippen LogP contribution in [0, 0.1) is 6.92 Å². The second-order valence-electron chi connectivity index (χ2n) is 5.23. The van der Waals surface area contributed by atoms with E-state index in [1.807, 2.05) is 41.9 Å². The molecule has 4 aromatic rings. The lowest BCUT2D eigenvalue weighted by Crippen LogP contribution is -2.16. The van der Waals surface area contributed by atoms with Gasteiger partial charge in [-0.05, 0) is 31.2 Å². The van der Waals surface area contributed by atoms with Gasteiger partial charge in [-0.3, -0.25) is 14.4 Å². The van der Waals surface area contributed by atoms with Gasteiger partial charge in [0.05, 0.1) is 26.1 Å². The molecule has 4 aromatic heterocycles. The maximum atomic E-state index is 11.4. The predicted octanol–water partition coefficient (Wildman–Crippen LogP) is 3.69. The van der Waals surface area contributed by atoms with Crippen molar-refractivity contribution < 1.29 is 10.0 Å². The number of pyridine rings is 1. The van der Waals surface area contributed by atoms with Crippen LogP contribution in [-0.4, -0.2) is 25.5 Å². The van der Waals surface area contributed by atoms with Crippen LogP contribution >= 0.6 is 22.7 Å². The van der Waals surface area contributed by atoms with Crippen molar-refractivity contribution in [2.75, 3.05) is 5.32 Å². The van der Waals surface area contributed by atoms with Crippen LogP contribution in [0.2, 0.25) is 0 Å². The summed E-state index contributed by atoms with van der Waals surface area (Å²) in [6.45, 7) is 1.98. The zero-order valence-corrected chi connectivity index (χ0v) is 14.7. The molecule has 0 spiro atoms. The van der Waals surface area contributed by atoms with Crippen molar-refractivity contribution in [3.05, 3.63) is 53.3 Å². The van der Waals surface area contributed by atoms with E-state index in [9.17, 15) is 4.79 Å². The predicted molar refractivity (Wildman–Crippen MR) is 97.9 cm³/mol. The van der Waals surface area contributed by atoms with Gasteiger partial charge in [0.25, 0.3) is 5.91 Å². The Morgan fingerprint density at radius 3 is 2.96 bits per heavy atom. The fourth-order valence-corrected chi connectivity index (χ4v) is 4.32. The number of carbonyl (C=O) groups is 1. The molecule has 0 atom stereocenters. The molecule has 4 heterocycles. The van der Waals surface area contributed by atoms with E-state index in [0.29, 0.717) is 4.88 Å². The number of hydroxylamine groups is 1. The molecular formula is C16H13N5O2S2. The van der Waals surface area contributed by atoms with Crippen LogP contribution in [0.1, 0.15) is 15.4 Å². The fourth-order valence-electron chi connectivity index (χ4n) is 2.54. The molecule has 0 aliphatic rings. The van der Waals surface area contributed by atoms with E-state index in [1.165, 1.54) is 22.7 Å². The Balaban J connectivity index is 1.63. The minimum Gasteiger partial charge on any atom is -0.323 e. The van der Waals surface area contributed by atoms with Gasteiger partial charge in [-0.1, -0.05) is 17.4 Å². The molecule has 0 saturated heterocycles. The molecule has 0 fully saturated rings. The molecule has 25 heavy (non-hydrogen) atoms. The molecule has 9 heteroatoms. The van der Waals surface area contributed by atoms with E-state index >= 15 is 0 Å². The minimum absolute atomic E-state index is 0.416. The number of imidazole rings is 1. The minimum atomic E-state index is -0.528. The first-order chi connectivity index (χ1) is 12.2. The van der Waals surface area contributed by atoms with Crippen LogP contribution < -0.4 is 10.8 Å². The summed E-state index contributed by atoms with van der Waals surface area (Å²) in [6, 6.07) is 9.31. The van der Waals surface area contributed by atoms with Gasteiger partial charge >= 0.3 is 0 Å². The zero-order valence-electron chi connectivity index (χ0n) is 13.1. The van der Waals surface area contributed by atoms with E-state index in [0.717, 1.165) is 32.0 Å². The van der Waals surface area contributed by atoms with Crippen LogP contribution in [0.4, 0.5) is 10.1 Å². The SMILES string of the molecule is Cc1nc2ccccn2c1-c1cnc(Nc2ccc(C(=O)NO)s2)s1. The number of nitrogens with one attached hydrogen (secondary N) is 2. The Hall–Kier alpha value is -2.75. The number of thiazole rings is 1. The second kappa shape index (κ2) is 6.28. The van der Waals surface area contributed by atoms with Gasteiger partial charge in [0.1, 0.15) is 5.65 Å². The molecule has 0 aliphatic heterocycles. The fraction of sp³-hybridized carbons (Fsp3) is 0.0625. The number of hydrogen-bond donors (Lipinski definition) is 3. The maximum Gasteiger partial charge on any atom is 0.284 e. The number of hydrogen-bond acceptors (Lipinski definition) is 7. The van der Waals surface area contributed by atoms with Crippen LogP contribution in [0.5, 0.6) is 0 Å². The number of rotatable bonds is 4. The van der Waals surface area contributed by atoms with Crippen molar-refractivity contribution in [2.45, 2.75) is 6.92 Å². The quantitative estimate of drug-likeness (QED) is 0.376. The monoisotopic (exact) mass is 371 g/mol. The van der Waals surface area contributed by atoms with Crippen LogP contribution in [0.15, 0.2) is 42.7 Å². The van der Waals surface area contributed by atoms with E-state index < -0.39 is 5.91 Å². The molecule has 0 unspecified atom stereocenters. The van der Waals surface area contributed by atoms with Gasteiger partial charge in [-0.25, -0.2) is 15.4 Å². The first kappa shape index (κ1) is 15.8. The Morgan fingerprint density at radius 2 is 2.12 bits per heavy atom. The third kappa shape index (κ3) is 2.88. The lowest BCUT2D eigenvalue weighted by Gasteiger charge is -1.99. The van der Waals surface area contributed by atoms with Gasteiger partial charge in [-0.2, -0.15) is 0 Å². The second-order valence-corrected chi connectivity index (χ2v) is 7.35. The molecule has 3 N–H and O–H groups in total. The van der Waals surface area contributed by atoms with Crippen molar-refractivity contribution >= 4 is 44.4 Å². The summed E-state index contributed by atoms with van der Waals surface area (Å²) in [6.07, 6.45) is 3.79. The highest BCUT2D eigenvalue weighted by Crippen LogP contribution is 2.34. The summed E-state index contributed by atoms with van der Waals surface area (Å²) in [7, 11) is 0. The van der Waals surface area contributed by atoms with Gasteiger partial charge in [0.15, 0.2) is 5.13 Å². The molecular weight excluding hydrogens is 358 g/mol. The number of thiophene rings is 1. The molecule has 7 nitrogen and oxygen atoms in total. The van der Waals surface area contributed by atoms with Gasteiger partial charge < -0.3 is 5.32 Å². The lowest BCUT2D eigenvalue weighted by atomic mass is 10.3. The molecule has 126 valence electrons. The number of aromatic nitrogens is 3.